The first-order valence-corrected chi connectivity index (χ1v) is 9.91. The average Bonchev–Trinajstić information content (AvgIpc) is 3.31. The van der Waals surface area contributed by atoms with Crippen molar-refractivity contribution < 1.29 is 9.53 Å². The van der Waals surface area contributed by atoms with Crippen LogP contribution >= 0.6 is 23.1 Å². The molecule has 1 aliphatic heterocycles. The lowest BCUT2D eigenvalue weighted by Crippen LogP contribution is -2.37. The molecule has 0 spiro atoms. The molecule has 130 valence electrons. The highest BCUT2D eigenvalue weighted by Crippen LogP contribution is 2.19. The number of amides is 1. The number of thioether (sulfide) groups is 1. The van der Waals surface area contributed by atoms with Gasteiger partial charge < -0.3 is 9.64 Å². The molecule has 3 heterocycles. The summed E-state index contributed by atoms with van der Waals surface area (Å²) in [5.41, 5.74) is 1.18. The van der Waals surface area contributed by atoms with Crippen molar-refractivity contribution in [1.29, 1.82) is 0 Å². The van der Waals surface area contributed by atoms with Crippen LogP contribution in [0.15, 0.2) is 22.0 Å². The zero-order valence-corrected chi connectivity index (χ0v) is 15.3. The van der Waals surface area contributed by atoms with Crippen molar-refractivity contribution in [2.75, 3.05) is 18.9 Å². The molecule has 0 N–H and O–H groups in total. The van der Waals surface area contributed by atoms with E-state index >= 15 is 0 Å². The Labute approximate surface area is 149 Å². The van der Waals surface area contributed by atoms with E-state index in [-0.39, 0.29) is 12.0 Å². The van der Waals surface area contributed by atoms with Crippen molar-refractivity contribution in [1.82, 2.24) is 25.1 Å². The standard InChI is InChI=1S/C15H21N5O2S2/c1-19-15(16-17-18-19)24-8-5-14(21)20(9-12-4-7-23-11-12)10-13-3-2-6-22-13/h4,7,11,13H,2-3,5-6,8-10H2,1H3/t13-/m0/s1. The molecule has 0 unspecified atom stereocenters. The molecule has 3 rings (SSSR count). The molecule has 0 bridgehead atoms. The Balaban J connectivity index is 1.54. The van der Waals surface area contributed by atoms with Crippen LogP contribution in [0.1, 0.15) is 24.8 Å². The monoisotopic (exact) mass is 367 g/mol. The third-order valence-corrected chi connectivity index (χ3v) is 5.63. The molecule has 1 fully saturated rings. The van der Waals surface area contributed by atoms with Gasteiger partial charge in [0.25, 0.3) is 0 Å². The summed E-state index contributed by atoms with van der Waals surface area (Å²) < 4.78 is 7.32. The second-order valence-electron chi connectivity index (χ2n) is 5.72. The largest absolute Gasteiger partial charge is 0.376 e. The van der Waals surface area contributed by atoms with Crippen molar-refractivity contribution in [3.8, 4) is 0 Å². The van der Waals surface area contributed by atoms with E-state index in [0.29, 0.717) is 25.3 Å². The first kappa shape index (κ1) is 17.4. The third kappa shape index (κ3) is 4.78. The van der Waals surface area contributed by atoms with Gasteiger partial charge in [0.1, 0.15) is 0 Å². The number of tetrazole rings is 1. The van der Waals surface area contributed by atoms with Crippen LogP contribution in [0.3, 0.4) is 0 Å². The highest BCUT2D eigenvalue weighted by atomic mass is 32.2. The van der Waals surface area contributed by atoms with Crippen LogP contribution in [0.2, 0.25) is 0 Å². The molecular weight excluding hydrogens is 346 g/mol. The van der Waals surface area contributed by atoms with Gasteiger partial charge in [-0.3, -0.25) is 4.79 Å². The summed E-state index contributed by atoms with van der Waals surface area (Å²) in [6, 6.07) is 2.07. The molecule has 7 nitrogen and oxygen atoms in total. The summed E-state index contributed by atoms with van der Waals surface area (Å²) in [7, 11) is 1.80. The maximum absolute atomic E-state index is 12.7. The van der Waals surface area contributed by atoms with E-state index in [2.05, 4.69) is 27.0 Å². The van der Waals surface area contributed by atoms with Crippen molar-refractivity contribution in [3.63, 3.8) is 0 Å². The molecular formula is C15H21N5O2S2. The van der Waals surface area contributed by atoms with Crippen molar-refractivity contribution >= 4 is 29.0 Å². The Morgan fingerprint density at radius 2 is 2.50 bits per heavy atom. The average molecular weight is 368 g/mol. The van der Waals surface area contributed by atoms with E-state index < -0.39 is 0 Å². The Kier molecular flexibility index (Phi) is 6.22. The zero-order valence-electron chi connectivity index (χ0n) is 13.6. The van der Waals surface area contributed by atoms with Gasteiger partial charge in [-0.15, -0.1) is 5.10 Å². The lowest BCUT2D eigenvalue weighted by atomic mass is 10.2. The van der Waals surface area contributed by atoms with E-state index in [1.54, 1.807) is 23.1 Å². The first-order valence-electron chi connectivity index (χ1n) is 7.98. The number of aromatic nitrogens is 4. The SMILES string of the molecule is Cn1nnnc1SCCC(=O)N(Cc1ccsc1)C[C@@H]1CCCO1. The van der Waals surface area contributed by atoms with Gasteiger partial charge in [0.15, 0.2) is 0 Å². The number of ether oxygens (including phenoxy) is 1. The minimum absolute atomic E-state index is 0.152. The van der Waals surface area contributed by atoms with Gasteiger partial charge in [-0.25, -0.2) is 4.68 Å². The molecule has 0 radical (unpaired) electrons. The minimum Gasteiger partial charge on any atom is -0.376 e. The predicted octanol–water partition coefficient (Wildman–Crippen LogP) is 1.96. The molecule has 1 saturated heterocycles. The summed E-state index contributed by atoms with van der Waals surface area (Å²) in [5.74, 6) is 0.818. The van der Waals surface area contributed by atoms with Crippen LogP contribution < -0.4 is 0 Å². The number of carbonyl (C=O) groups is 1. The molecule has 1 amide bonds. The number of carbonyl (C=O) groups excluding carboxylic acids is 1. The second kappa shape index (κ2) is 8.59. The molecule has 0 aromatic carbocycles. The summed E-state index contributed by atoms with van der Waals surface area (Å²) in [6.45, 7) is 2.13. The van der Waals surface area contributed by atoms with E-state index in [1.807, 2.05) is 10.3 Å². The maximum atomic E-state index is 12.7. The fourth-order valence-corrected chi connectivity index (χ4v) is 4.06. The summed E-state index contributed by atoms with van der Waals surface area (Å²) in [4.78, 5) is 14.6. The van der Waals surface area contributed by atoms with Crippen LogP contribution in [-0.2, 0) is 23.1 Å². The molecule has 24 heavy (non-hydrogen) atoms. The van der Waals surface area contributed by atoms with Gasteiger partial charge >= 0.3 is 0 Å². The molecule has 1 atom stereocenters. The van der Waals surface area contributed by atoms with Crippen molar-refractivity contribution in [2.24, 2.45) is 7.05 Å². The second-order valence-corrected chi connectivity index (χ2v) is 7.57. The summed E-state index contributed by atoms with van der Waals surface area (Å²) in [6.07, 6.45) is 2.75. The lowest BCUT2D eigenvalue weighted by Gasteiger charge is -2.25. The number of thiophene rings is 1. The van der Waals surface area contributed by atoms with Crippen molar-refractivity contribution in [2.45, 2.75) is 37.1 Å². The topological polar surface area (TPSA) is 73.1 Å². The smallest absolute Gasteiger partial charge is 0.223 e. The van der Waals surface area contributed by atoms with E-state index in [1.165, 1.54) is 17.3 Å². The number of hydrogen-bond acceptors (Lipinski definition) is 7. The molecule has 0 saturated carbocycles. The Hall–Kier alpha value is -1.45. The molecule has 2 aromatic heterocycles. The number of nitrogens with zero attached hydrogens (tertiary/aromatic N) is 5. The molecule has 2 aromatic rings. The predicted molar refractivity (Wildman–Crippen MR) is 92.8 cm³/mol. The van der Waals surface area contributed by atoms with E-state index in [0.717, 1.165) is 24.6 Å². The van der Waals surface area contributed by atoms with E-state index in [4.69, 9.17) is 4.74 Å². The van der Waals surface area contributed by atoms with Crippen LogP contribution in [-0.4, -0.2) is 56.0 Å². The lowest BCUT2D eigenvalue weighted by molar-refractivity contribution is -0.133. The number of rotatable bonds is 8. The molecule has 0 aliphatic carbocycles. The van der Waals surface area contributed by atoms with Crippen LogP contribution in [0.5, 0.6) is 0 Å². The Morgan fingerprint density at radius 3 is 3.17 bits per heavy atom. The highest BCUT2D eigenvalue weighted by Gasteiger charge is 2.23. The summed E-state index contributed by atoms with van der Waals surface area (Å²) in [5, 5.41) is 16.2. The Bertz CT molecular complexity index is 640. The number of aryl methyl sites for hydroxylation is 1. The van der Waals surface area contributed by atoms with Gasteiger partial charge in [0, 0.05) is 38.9 Å². The minimum atomic E-state index is 0.152. The number of hydrogen-bond donors (Lipinski definition) is 0. The molecule has 1 aliphatic rings. The van der Waals surface area contributed by atoms with Crippen molar-refractivity contribution in [3.05, 3.63) is 22.4 Å². The van der Waals surface area contributed by atoms with Gasteiger partial charge in [-0.1, -0.05) is 11.8 Å². The van der Waals surface area contributed by atoms with Crippen LogP contribution in [0.4, 0.5) is 0 Å². The first-order chi connectivity index (χ1) is 11.7. The fourth-order valence-electron chi connectivity index (χ4n) is 2.62. The van der Waals surface area contributed by atoms with Crippen LogP contribution in [0.25, 0.3) is 0 Å². The van der Waals surface area contributed by atoms with Crippen LogP contribution in [0, 0.1) is 0 Å². The van der Waals surface area contributed by atoms with Gasteiger partial charge in [0.05, 0.1) is 6.10 Å². The van der Waals surface area contributed by atoms with Gasteiger partial charge in [0.2, 0.25) is 11.1 Å². The molecule has 9 heteroatoms. The maximum Gasteiger partial charge on any atom is 0.223 e. The van der Waals surface area contributed by atoms with Gasteiger partial charge in [-0.2, -0.15) is 11.3 Å². The highest BCUT2D eigenvalue weighted by molar-refractivity contribution is 7.99. The quantitative estimate of drug-likeness (QED) is 0.664. The fraction of sp³-hybridized carbons (Fsp3) is 0.600. The third-order valence-electron chi connectivity index (χ3n) is 3.88. The van der Waals surface area contributed by atoms with E-state index in [9.17, 15) is 4.79 Å². The normalized spacial score (nSPS) is 17.3. The zero-order chi connectivity index (χ0) is 16.8. The van der Waals surface area contributed by atoms with Gasteiger partial charge in [-0.05, 0) is 45.7 Å². The Morgan fingerprint density at radius 1 is 1.58 bits per heavy atom. The summed E-state index contributed by atoms with van der Waals surface area (Å²) >= 11 is 3.16.